The number of aryl methyl sites for hydroxylation is 1. The van der Waals surface area contributed by atoms with E-state index in [0.29, 0.717) is 18.8 Å². The Morgan fingerprint density at radius 1 is 0.781 bits per heavy atom. The Hall–Kier alpha value is -3.42. The van der Waals surface area contributed by atoms with E-state index in [-0.39, 0.29) is 5.91 Å². The van der Waals surface area contributed by atoms with Crippen LogP contribution in [0, 0.1) is 0 Å². The number of amides is 1. The van der Waals surface area contributed by atoms with E-state index in [1.54, 1.807) is 4.68 Å². The Morgan fingerprint density at radius 3 is 2.03 bits per heavy atom. The van der Waals surface area contributed by atoms with Gasteiger partial charge in [0.05, 0.1) is 5.69 Å². The van der Waals surface area contributed by atoms with Crippen molar-refractivity contribution in [1.82, 2.24) is 24.9 Å². The summed E-state index contributed by atoms with van der Waals surface area (Å²) in [5.74, 6) is 1.87. The Bertz CT molecular complexity index is 1050. The predicted octanol–water partition coefficient (Wildman–Crippen LogP) is 2.83. The lowest BCUT2D eigenvalue weighted by molar-refractivity contribution is 0.0735. The van der Waals surface area contributed by atoms with Gasteiger partial charge in [0.15, 0.2) is 11.6 Å². The third-order valence-electron chi connectivity index (χ3n) is 6.38. The molecule has 0 aliphatic carbocycles. The largest absolute Gasteiger partial charge is 0.355 e. The van der Waals surface area contributed by atoms with Gasteiger partial charge < -0.3 is 14.7 Å². The summed E-state index contributed by atoms with van der Waals surface area (Å²) in [6.07, 6.45) is 3.75. The van der Waals surface area contributed by atoms with E-state index in [1.165, 1.54) is 19.3 Å². The lowest BCUT2D eigenvalue weighted by atomic mass is 10.1. The van der Waals surface area contributed by atoms with Crippen molar-refractivity contribution >= 4 is 17.5 Å². The van der Waals surface area contributed by atoms with E-state index in [9.17, 15) is 4.79 Å². The summed E-state index contributed by atoms with van der Waals surface area (Å²) in [6.45, 7) is 4.92. The minimum Gasteiger partial charge on any atom is -0.355 e. The number of hydrogen-bond acceptors (Lipinski definition) is 6. The van der Waals surface area contributed by atoms with E-state index < -0.39 is 0 Å². The van der Waals surface area contributed by atoms with Gasteiger partial charge in [-0.25, -0.2) is 0 Å². The summed E-state index contributed by atoms with van der Waals surface area (Å²) in [4.78, 5) is 19.6. The van der Waals surface area contributed by atoms with E-state index in [4.69, 9.17) is 0 Å². The molecule has 2 aliphatic rings. The van der Waals surface area contributed by atoms with Crippen molar-refractivity contribution in [2.24, 2.45) is 7.05 Å². The van der Waals surface area contributed by atoms with Crippen LogP contribution >= 0.6 is 0 Å². The minimum atomic E-state index is 0.0216. The quantitative estimate of drug-likeness (QED) is 0.633. The number of carbonyl (C=O) groups excluding carboxylic acids is 1. The topological polar surface area (TPSA) is 70.4 Å². The molecule has 5 rings (SSSR count). The number of piperazine rings is 1. The number of carbonyl (C=O) groups is 1. The minimum absolute atomic E-state index is 0.0216. The number of nitrogens with zero attached hydrogens (tertiary/aromatic N) is 7. The molecule has 2 aromatic heterocycles. The van der Waals surface area contributed by atoms with Gasteiger partial charge in [-0.15, -0.1) is 10.2 Å². The van der Waals surface area contributed by atoms with Gasteiger partial charge in [0.25, 0.3) is 5.91 Å². The molecule has 0 spiro atoms. The van der Waals surface area contributed by atoms with Gasteiger partial charge in [-0.3, -0.25) is 9.48 Å². The first-order chi connectivity index (χ1) is 15.7. The smallest absolute Gasteiger partial charge is 0.272 e. The summed E-state index contributed by atoms with van der Waals surface area (Å²) in [5.41, 5.74) is 2.45. The highest BCUT2D eigenvalue weighted by atomic mass is 16.2. The second kappa shape index (κ2) is 8.98. The lowest BCUT2D eigenvalue weighted by Crippen LogP contribution is -2.49. The molecule has 0 bridgehead atoms. The van der Waals surface area contributed by atoms with Crippen LogP contribution < -0.4 is 9.80 Å². The molecule has 8 heteroatoms. The van der Waals surface area contributed by atoms with Crippen LogP contribution in [-0.2, 0) is 7.05 Å². The summed E-state index contributed by atoms with van der Waals surface area (Å²) in [5, 5.41) is 13.5. The van der Waals surface area contributed by atoms with Crippen LogP contribution in [0.2, 0.25) is 0 Å². The number of rotatable bonds is 4. The number of aromatic nitrogens is 4. The van der Waals surface area contributed by atoms with Crippen LogP contribution in [0.3, 0.4) is 0 Å². The highest BCUT2D eigenvalue weighted by Gasteiger charge is 2.26. The molecule has 0 atom stereocenters. The highest BCUT2D eigenvalue weighted by molar-refractivity contribution is 5.94. The first kappa shape index (κ1) is 20.5. The number of benzene rings is 1. The molecular weight excluding hydrogens is 402 g/mol. The van der Waals surface area contributed by atoms with Gasteiger partial charge >= 0.3 is 0 Å². The fraction of sp³-hybridized carbons (Fsp3) is 0.417. The maximum Gasteiger partial charge on any atom is 0.272 e. The molecular formula is C24H29N7O. The fourth-order valence-electron chi connectivity index (χ4n) is 4.50. The number of piperidine rings is 1. The van der Waals surface area contributed by atoms with E-state index in [0.717, 1.165) is 49.1 Å². The number of hydrogen-bond donors (Lipinski definition) is 0. The monoisotopic (exact) mass is 431 g/mol. The van der Waals surface area contributed by atoms with Crippen molar-refractivity contribution in [2.75, 3.05) is 49.1 Å². The van der Waals surface area contributed by atoms with Gasteiger partial charge in [0, 0.05) is 51.9 Å². The van der Waals surface area contributed by atoms with Crippen LogP contribution in [0.4, 0.5) is 11.6 Å². The summed E-state index contributed by atoms with van der Waals surface area (Å²) < 4.78 is 1.68. The van der Waals surface area contributed by atoms with Crippen LogP contribution in [0.25, 0.3) is 11.3 Å². The average Bonchev–Trinajstić information content (AvgIpc) is 3.26. The molecule has 0 unspecified atom stereocenters. The molecule has 2 fully saturated rings. The molecule has 0 N–H and O–H groups in total. The van der Waals surface area contributed by atoms with Crippen molar-refractivity contribution < 1.29 is 4.79 Å². The highest BCUT2D eigenvalue weighted by Crippen LogP contribution is 2.22. The van der Waals surface area contributed by atoms with Crippen LogP contribution in [-0.4, -0.2) is 70.1 Å². The van der Waals surface area contributed by atoms with Crippen molar-refractivity contribution in [2.45, 2.75) is 19.3 Å². The maximum atomic E-state index is 13.1. The lowest BCUT2D eigenvalue weighted by Gasteiger charge is -2.35. The van der Waals surface area contributed by atoms with Crippen molar-refractivity contribution in [3.05, 3.63) is 54.2 Å². The normalized spacial score (nSPS) is 17.0. The van der Waals surface area contributed by atoms with Gasteiger partial charge in [0.1, 0.15) is 5.69 Å². The molecule has 8 nitrogen and oxygen atoms in total. The zero-order valence-electron chi connectivity index (χ0n) is 18.5. The molecule has 2 saturated heterocycles. The zero-order chi connectivity index (χ0) is 21.9. The molecule has 0 radical (unpaired) electrons. The molecule has 32 heavy (non-hydrogen) atoms. The van der Waals surface area contributed by atoms with Crippen LogP contribution in [0.15, 0.2) is 48.5 Å². The molecule has 166 valence electrons. The first-order valence-corrected chi connectivity index (χ1v) is 11.4. The molecule has 4 heterocycles. The SMILES string of the molecule is Cn1nc(-c2ccccc2)cc1C(=O)N1CCN(c2ccc(N3CCCCC3)nn2)CC1. The second-order valence-corrected chi connectivity index (χ2v) is 8.48. The fourth-order valence-corrected chi connectivity index (χ4v) is 4.50. The molecule has 0 saturated carbocycles. The van der Waals surface area contributed by atoms with Crippen LogP contribution in [0.5, 0.6) is 0 Å². The molecule has 2 aliphatic heterocycles. The zero-order valence-corrected chi connectivity index (χ0v) is 18.5. The van der Waals surface area contributed by atoms with Crippen molar-refractivity contribution in [3.63, 3.8) is 0 Å². The first-order valence-electron chi connectivity index (χ1n) is 11.4. The third kappa shape index (κ3) is 4.17. The summed E-state index contributed by atoms with van der Waals surface area (Å²) >= 11 is 0. The van der Waals surface area contributed by atoms with Crippen LogP contribution in [0.1, 0.15) is 29.8 Å². The summed E-state index contributed by atoms with van der Waals surface area (Å²) in [7, 11) is 1.83. The summed E-state index contributed by atoms with van der Waals surface area (Å²) in [6, 6.07) is 16.0. The predicted molar refractivity (Wildman–Crippen MR) is 125 cm³/mol. The second-order valence-electron chi connectivity index (χ2n) is 8.48. The number of anilines is 2. The molecule has 1 aromatic carbocycles. The van der Waals surface area contributed by atoms with Crippen molar-refractivity contribution in [1.29, 1.82) is 0 Å². The Morgan fingerprint density at radius 2 is 1.41 bits per heavy atom. The third-order valence-corrected chi connectivity index (χ3v) is 6.38. The van der Waals surface area contributed by atoms with E-state index in [2.05, 4.69) is 37.2 Å². The van der Waals surface area contributed by atoms with Gasteiger partial charge in [0.2, 0.25) is 0 Å². The van der Waals surface area contributed by atoms with Gasteiger partial charge in [-0.2, -0.15) is 5.10 Å². The van der Waals surface area contributed by atoms with Gasteiger partial charge in [-0.1, -0.05) is 30.3 Å². The average molecular weight is 432 g/mol. The Kier molecular flexibility index (Phi) is 5.75. The Balaban J connectivity index is 1.21. The molecule has 1 amide bonds. The standard InChI is InChI=1S/C24H29N7O/c1-28-21(18-20(27-28)19-8-4-2-5-9-19)24(32)31-16-14-30(15-17-31)23-11-10-22(25-26-23)29-12-6-3-7-13-29/h2,4-5,8-11,18H,3,6-7,12-17H2,1H3. The van der Waals surface area contributed by atoms with Crippen molar-refractivity contribution in [3.8, 4) is 11.3 Å². The maximum absolute atomic E-state index is 13.1. The van der Waals surface area contributed by atoms with Gasteiger partial charge in [-0.05, 0) is 37.5 Å². The van der Waals surface area contributed by atoms with E-state index >= 15 is 0 Å². The Labute approximate surface area is 188 Å². The van der Waals surface area contributed by atoms with E-state index in [1.807, 2.05) is 48.3 Å². The molecule has 3 aromatic rings.